The number of ether oxygens (including phenoxy) is 1. The predicted molar refractivity (Wildman–Crippen MR) is 132 cm³/mol. The van der Waals surface area contributed by atoms with Gasteiger partial charge in [0.15, 0.2) is 5.78 Å². The van der Waals surface area contributed by atoms with Crippen molar-refractivity contribution in [2.24, 2.45) is 45.3 Å². The highest BCUT2D eigenvalue weighted by Crippen LogP contribution is 2.74. The van der Waals surface area contributed by atoms with Crippen molar-refractivity contribution in [3.8, 4) is 0 Å². The molecule has 8 atom stereocenters. The summed E-state index contributed by atoms with van der Waals surface area (Å²) in [5, 5.41) is 0. The van der Waals surface area contributed by atoms with Crippen LogP contribution in [0.25, 0.3) is 0 Å². The third-order valence-electron chi connectivity index (χ3n) is 11.4. The summed E-state index contributed by atoms with van der Waals surface area (Å²) >= 11 is 0. The van der Waals surface area contributed by atoms with Gasteiger partial charge in [0.1, 0.15) is 11.9 Å². The second-order valence-electron chi connectivity index (χ2n) is 13.6. The lowest BCUT2D eigenvalue weighted by Crippen LogP contribution is -2.59. The Balaban J connectivity index is 1.54. The first-order valence-electron chi connectivity index (χ1n) is 13.4. The number of allylic oxidation sites excluding steroid dienone is 4. The molecule has 0 amide bonds. The molecule has 0 bridgehead atoms. The van der Waals surface area contributed by atoms with Gasteiger partial charge >= 0.3 is 5.97 Å². The lowest BCUT2D eigenvalue weighted by molar-refractivity contribution is -0.156. The molecule has 1 heterocycles. The van der Waals surface area contributed by atoms with Gasteiger partial charge in [-0.3, -0.25) is 14.4 Å². The van der Waals surface area contributed by atoms with Crippen LogP contribution < -0.4 is 0 Å². The van der Waals surface area contributed by atoms with E-state index in [1.807, 2.05) is 19.9 Å². The minimum absolute atomic E-state index is 0.0178. The highest BCUT2D eigenvalue weighted by molar-refractivity contribution is 6.01. The van der Waals surface area contributed by atoms with Gasteiger partial charge in [-0.15, -0.1) is 0 Å². The van der Waals surface area contributed by atoms with E-state index in [4.69, 9.17) is 4.74 Å². The Morgan fingerprint density at radius 2 is 1.79 bits per heavy atom. The Hall–Kier alpha value is -1.71. The topological polar surface area (TPSA) is 60.4 Å². The molecule has 4 heteroatoms. The minimum atomic E-state index is -0.606. The van der Waals surface area contributed by atoms with Crippen molar-refractivity contribution in [2.75, 3.05) is 0 Å². The maximum Gasteiger partial charge on any atom is 0.309 e. The van der Waals surface area contributed by atoms with E-state index in [0.717, 1.165) is 38.5 Å². The molecule has 3 saturated carbocycles. The molecule has 5 aliphatic rings. The Bertz CT molecular complexity index is 1010. The number of Topliss-reactive ketones (excluding diaryl/α,β-unsaturated/α-hetero) is 1. The smallest absolute Gasteiger partial charge is 0.309 e. The quantitative estimate of drug-likeness (QED) is 0.365. The van der Waals surface area contributed by atoms with E-state index in [-0.39, 0.29) is 57.6 Å². The van der Waals surface area contributed by atoms with Crippen LogP contribution in [-0.2, 0) is 19.1 Å². The standard InChI is InChI=1S/C30H42O4/c1-17(2)9-8-10-18-24-22(34-26(18)33)16-30(7)20-15-21(31)25-27(3,4)23(32)12-13-28(25,5)19(20)11-14-29(24,30)6/h9,15,18-19,22,24-25H,8,10-14,16H2,1-7H3/t18-,19+,22+,24-,25-,28+,29-,30+/m0/s1. The van der Waals surface area contributed by atoms with Gasteiger partial charge in [-0.05, 0) is 80.6 Å². The number of hydrogen-bond donors (Lipinski definition) is 0. The highest BCUT2D eigenvalue weighted by Gasteiger charge is 2.71. The number of esters is 1. The van der Waals surface area contributed by atoms with E-state index in [2.05, 4.69) is 40.7 Å². The third-order valence-corrected chi connectivity index (χ3v) is 11.4. The Labute approximate surface area is 205 Å². The van der Waals surface area contributed by atoms with Crippen LogP contribution in [0.2, 0.25) is 0 Å². The SMILES string of the molecule is CC(C)=CCC[C@@H]1C(=O)O[C@@H]2C[C@]3(C)C4=CC(=O)[C@H]5C(C)(C)C(=O)CC[C@]5(C)[C@@H]4CC[C@@]3(C)[C@@H]12. The Kier molecular flexibility index (Phi) is 5.22. The summed E-state index contributed by atoms with van der Waals surface area (Å²) in [6, 6.07) is 0. The largest absolute Gasteiger partial charge is 0.462 e. The van der Waals surface area contributed by atoms with Gasteiger partial charge in [-0.25, -0.2) is 0 Å². The Morgan fingerprint density at radius 3 is 2.47 bits per heavy atom. The number of hydrogen-bond acceptors (Lipinski definition) is 4. The summed E-state index contributed by atoms with van der Waals surface area (Å²) in [4.78, 5) is 39.5. The van der Waals surface area contributed by atoms with Crippen LogP contribution in [0.4, 0.5) is 0 Å². The molecule has 0 aromatic carbocycles. The van der Waals surface area contributed by atoms with Crippen LogP contribution in [0, 0.1) is 45.3 Å². The summed E-state index contributed by atoms with van der Waals surface area (Å²) in [5.41, 5.74) is 1.57. The van der Waals surface area contributed by atoms with E-state index in [1.165, 1.54) is 11.1 Å². The van der Waals surface area contributed by atoms with Crippen molar-refractivity contribution >= 4 is 17.5 Å². The molecule has 186 valence electrons. The molecule has 0 spiro atoms. The first kappa shape index (κ1) is 24.0. The Morgan fingerprint density at radius 1 is 1.09 bits per heavy atom. The number of ketones is 2. The molecule has 4 aliphatic carbocycles. The third kappa shape index (κ3) is 2.92. The molecule has 0 aromatic rings. The lowest BCUT2D eigenvalue weighted by atomic mass is 9.41. The van der Waals surface area contributed by atoms with Gasteiger partial charge in [0.2, 0.25) is 0 Å². The second-order valence-corrected chi connectivity index (χ2v) is 13.6. The van der Waals surface area contributed by atoms with Crippen LogP contribution in [0.1, 0.15) is 93.4 Å². The minimum Gasteiger partial charge on any atom is -0.462 e. The monoisotopic (exact) mass is 466 g/mol. The van der Waals surface area contributed by atoms with Gasteiger partial charge in [-0.1, -0.05) is 51.8 Å². The average Bonchev–Trinajstić information content (AvgIpc) is 3.15. The van der Waals surface area contributed by atoms with Gasteiger partial charge < -0.3 is 4.74 Å². The van der Waals surface area contributed by atoms with Crippen molar-refractivity contribution in [3.63, 3.8) is 0 Å². The molecule has 5 rings (SSSR count). The van der Waals surface area contributed by atoms with Crippen LogP contribution >= 0.6 is 0 Å². The van der Waals surface area contributed by atoms with Crippen LogP contribution in [0.5, 0.6) is 0 Å². The first-order chi connectivity index (χ1) is 15.8. The second kappa shape index (κ2) is 7.40. The maximum atomic E-state index is 13.7. The summed E-state index contributed by atoms with van der Waals surface area (Å²) in [7, 11) is 0. The molecule has 34 heavy (non-hydrogen) atoms. The number of carbonyl (C=O) groups is 3. The summed E-state index contributed by atoms with van der Waals surface area (Å²) in [5.74, 6) is 0.592. The first-order valence-corrected chi connectivity index (χ1v) is 13.4. The number of carbonyl (C=O) groups excluding carboxylic acids is 3. The van der Waals surface area contributed by atoms with Crippen molar-refractivity contribution in [1.82, 2.24) is 0 Å². The van der Waals surface area contributed by atoms with E-state index < -0.39 is 5.41 Å². The average molecular weight is 467 g/mol. The zero-order chi connectivity index (χ0) is 24.8. The molecular formula is C30H42O4. The molecular weight excluding hydrogens is 424 g/mol. The lowest BCUT2D eigenvalue weighted by Gasteiger charge is -2.62. The molecule has 1 aliphatic heterocycles. The van der Waals surface area contributed by atoms with E-state index in [0.29, 0.717) is 12.3 Å². The molecule has 1 saturated heterocycles. The van der Waals surface area contributed by atoms with Gasteiger partial charge in [0.05, 0.1) is 5.92 Å². The summed E-state index contributed by atoms with van der Waals surface area (Å²) in [6.45, 7) is 15.2. The van der Waals surface area contributed by atoms with Crippen LogP contribution in [0.3, 0.4) is 0 Å². The number of fused-ring (bicyclic) bond motifs is 7. The number of rotatable bonds is 3. The molecule has 0 N–H and O–H groups in total. The summed E-state index contributed by atoms with van der Waals surface area (Å²) in [6.07, 6.45) is 10.1. The van der Waals surface area contributed by atoms with E-state index in [9.17, 15) is 14.4 Å². The van der Waals surface area contributed by atoms with Crippen LogP contribution in [-0.4, -0.2) is 23.6 Å². The van der Waals surface area contributed by atoms with E-state index in [1.54, 1.807) is 0 Å². The fourth-order valence-electron chi connectivity index (χ4n) is 9.54. The maximum absolute atomic E-state index is 13.7. The molecule has 4 nitrogen and oxygen atoms in total. The van der Waals surface area contributed by atoms with Crippen molar-refractivity contribution in [2.45, 2.75) is 99.5 Å². The zero-order valence-corrected chi connectivity index (χ0v) is 22.1. The summed E-state index contributed by atoms with van der Waals surface area (Å²) < 4.78 is 6.05. The van der Waals surface area contributed by atoms with Crippen molar-refractivity contribution < 1.29 is 19.1 Å². The molecule has 0 aromatic heterocycles. The van der Waals surface area contributed by atoms with Gasteiger partial charge in [0.25, 0.3) is 0 Å². The zero-order valence-electron chi connectivity index (χ0n) is 22.1. The normalized spacial score (nSPS) is 46.6. The molecule has 0 unspecified atom stereocenters. The fraction of sp³-hybridized carbons (Fsp3) is 0.767. The van der Waals surface area contributed by atoms with Crippen molar-refractivity contribution in [1.29, 1.82) is 0 Å². The van der Waals surface area contributed by atoms with Crippen LogP contribution in [0.15, 0.2) is 23.3 Å². The fourth-order valence-corrected chi connectivity index (χ4v) is 9.54. The predicted octanol–water partition coefficient (Wildman–Crippen LogP) is 6.24. The molecule has 4 fully saturated rings. The highest BCUT2D eigenvalue weighted by atomic mass is 16.6. The molecule has 0 radical (unpaired) electrons. The van der Waals surface area contributed by atoms with Gasteiger partial charge in [0, 0.05) is 23.7 Å². The van der Waals surface area contributed by atoms with Crippen molar-refractivity contribution in [3.05, 3.63) is 23.3 Å². The van der Waals surface area contributed by atoms with E-state index >= 15 is 0 Å². The van der Waals surface area contributed by atoms with Gasteiger partial charge in [-0.2, -0.15) is 0 Å².